The van der Waals surface area contributed by atoms with Crippen molar-refractivity contribution in [3.63, 3.8) is 0 Å². The number of pyridine rings is 1. The van der Waals surface area contributed by atoms with Gasteiger partial charge in [0.2, 0.25) is 0 Å². The van der Waals surface area contributed by atoms with Crippen LogP contribution in [0.2, 0.25) is 0 Å². The lowest BCUT2D eigenvalue weighted by Crippen LogP contribution is -2.15. The molecule has 1 aromatic heterocycles. The minimum atomic E-state index is -4.16. The first kappa shape index (κ1) is 14.8. The molecule has 0 saturated carbocycles. The van der Waals surface area contributed by atoms with Crippen LogP contribution in [0.1, 0.15) is 0 Å². The number of nitrogens with one attached hydrogen (secondary N) is 1. The van der Waals surface area contributed by atoms with Crippen molar-refractivity contribution < 1.29 is 21.6 Å². The summed E-state index contributed by atoms with van der Waals surface area (Å²) < 4.78 is 65.3. The average Bonchev–Trinajstić information content (AvgIpc) is 2.39. The lowest BCUT2D eigenvalue weighted by Gasteiger charge is -2.09. The number of aromatic nitrogens is 1. The van der Waals surface area contributed by atoms with Gasteiger partial charge >= 0.3 is 0 Å². The Hall–Kier alpha value is -1.61. The monoisotopic (exact) mass is 366 g/mol. The number of sulfonamides is 1. The number of halogens is 4. The van der Waals surface area contributed by atoms with Gasteiger partial charge in [-0.25, -0.2) is 21.6 Å². The van der Waals surface area contributed by atoms with Crippen LogP contribution in [0.3, 0.4) is 0 Å². The molecule has 1 heterocycles. The largest absolute Gasteiger partial charge is 0.276 e. The van der Waals surface area contributed by atoms with E-state index in [0.29, 0.717) is 10.5 Å². The van der Waals surface area contributed by atoms with E-state index >= 15 is 0 Å². The Labute approximate surface area is 120 Å². The van der Waals surface area contributed by atoms with Gasteiger partial charge in [0.1, 0.15) is 4.90 Å². The number of anilines is 1. The molecule has 0 radical (unpaired) electrons. The second kappa shape index (κ2) is 5.41. The van der Waals surface area contributed by atoms with Crippen LogP contribution in [0.4, 0.5) is 18.9 Å². The molecule has 2 aromatic rings. The lowest BCUT2D eigenvalue weighted by molar-refractivity contribution is 0.449. The summed E-state index contributed by atoms with van der Waals surface area (Å²) >= 11 is 3.04. The predicted octanol–water partition coefficient (Wildman–Crippen LogP) is 3.06. The Morgan fingerprint density at radius 2 is 1.80 bits per heavy atom. The van der Waals surface area contributed by atoms with Crippen LogP contribution in [-0.4, -0.2) is 13.4 Å². The van der Waals surface area contributed by atoms with Gasteiger partial charge in [-0.3, -0.25) is 9.71 Å². The summed E-state index contributed by atoms with van der Waals surface area (Å²) in [6, 6.07) is 2.64. The lowest BCUT2D eigenvalue weighted by atomic mass is 10.3. The number of hydrogen-bond acceptors (Lipinski definition) is 3. The minimum absolute atomic E-state index is 0.254. The summed E-state index contributed by atoms with van der Waals surface area (Å²) in [7, 11) is -4.16. The first-order valence-electron chi connectivity index (χ1n) is 5.08. The third-order valence-electron chi connectivity index (χ3n) is 2.27. The van der Waals surface area contributed by atoms with Crippen LogP contribution < -0.4 is 4.72 Å². The van der Waals surface area contributed by atoms with Crippen LogP contribution >= 0.6 is 15.9 Å². The summed E-state index contributed by atoms with van der Waals surface area (Å²) in [5.74, 6) is -4.77. The fourth-order valence-electron chi connectivity index (χ4n) is 1.35. The van der Waals surface area contributed by atoms with E-state index in [-0.39, 0.29) is 4.90 Å². The second-order valence-electron chi connectivity index (χ2n) is 3.67. The van der Waals surface area contributed by atoms with Crippen LogP contribution in [0.25, 0.3) is 0 Å². The van der Waals surface area contributed by atoms with Gasteiger partial charge in [-0.05, 0) is 34.1 Å². The molecule has 0 spiro atoms. The molecule has 0 fully saturated rings. The zero-order valence-corrected chi connectivity index (χ0v) is 12.0. The molecular formula is C11H6BrF3N2O2S. The predicted molar refractivity (Wildman–Crippen MR) is 69.1 cm³/mol. The molecule has 1 N–H and O–H groups in total. The Balaban J connectivity index is 2.41. The van der Waals surface area contributed by atoms with Crippen LogP contribution in [-0.2, 0) is 10.0 Å². The standard InChI is InChI=1S/C11H6BrF3N2O2S/c12-6-3-7(5-16-4-6)20(18,19)17-9-2-1-8(13)10(14)11(9)15/h1-5,17H. The van der Waals surface area contributed by atoms with Gasteiger partial charge in [0.25, 0.3) is 10.0 Å². The van der Waals surface area contributed by atoms with E-state index < -0.39 is 33.2 Å². The third-order valence-corrected chi connectivity index (χ3v) is 4.04. The highest BCUT2D eigenvalue weighted by molar-refractivity contribution is 9.10. The van der Waals surface area contributed by atoms with Gasteiger partial charge in [0, 0.05) is 16.9 Å². The average molecular weight is 367 g/mol. The summed E-state index contributed by atoms with van der Waals surface area (Å²) in [5.41, 5.74) is -0.691. The first-order chi connectivity index (χ1) is 9.31. The number of nitrogens with zero attached hydrogens (tertiary/aromatic N) is 1. The molecule has 0 unspecified atom stereocenters. The maximum atomic E-state index is 13.4. The van der Waals surface area contributed by atoms with Crippen molar-refractivity contribution in [2.24, 2.45) is 0 Å². The summed E-state index contributed by atoms with van der Waals surface area (Å²) in [5, 5.41) is 0. The maximum absolute atomic E-state index is 13.4. The van der Waals surface area contributed by atoms with Crippen molar-refractivity contribution in [2.75, 3.05) is 4.72 Å². The van der Waals surface area contributed by atoms with Crippen LogP contribution in [0.5, 0.6) is 0 Å². The van der Waals surface area contributed by atoms with Crippen molar-refractivity contribution in [3.05, 3.63) is 52.5 Å². The second-order valence-corrected chi connectivity index (χ2v) is 6.27. The molecule has 1 aromatic carbocycles. The Morgan fingerprint density at radius 3 is 2.45 bits per heavy atom. The van der Waals surface area contributed by atoms with E-state index in [9.17, 15) is 21.6 Å². The Bertz CT molecular complexity index is 768. The van der Waals surface area contributed by atoms with E-state index in [0.717, 1.165) is 12.3 Å². The van der Waals surface area contributed by atoms with Crippen molar-refractivity contribution in [1.82, 2.24) is 4.98 Å². The molecular weight excluding hydrogens is 361 g/mol. The maximum Gasteiger partial charge on any atom is 0.263 e. The van der Waals surface area contributed by atoms with E-state index in [1.165, 1.54) is 12.3 Å². The normalized spacial score (nSPS) is 11.4. The molecule has 106 valence electrons. The highest BCUT2D eigenvalue weighted by atomic mass is 79.9. The molecule has 0 atom stereocenters. The molecule has 0 bridgehead atoms. The number of benzene rings is 1. The first-order valence-corrected chi connectivity index (χ1v) is 7.36. The Morgan fingerprint density at radius 1 is 1.10 bits per heavy atom. The summed E-state index contributed by atoms with van der Waals surface area (Å²) in [6.07, 6.45) is 2.39. The fourth-order valence-corrected chi connectivity index (χ4v) is 2.91. The van der Waals surface area contributed by atoms with E-state index in [1.54, 1.807) is 0 Å². The molecule has 20 heavy (non-hydrogen) atoms. The highest BCUT2D eigenvalue weighted by Gasteiger charge is 2.20. The number of rotatable bonds is 3. The van der Waals surface area contributed by atoms with Gasteiger partial charge < -0.3 is 0 Å². The molecule has 0 amide bonds. The van der Waals surface area contributed by atoms with Gasteiger partial charge in [-0.1, -0.05) is 0 Å². The van der Waals surface area contributed by atoms with Gasteiger partial charge in [-0.2, -0.15) is 0 Å². The molecule has 0 aliphatic heterocycles. The summed E-state index contributed by atoms with van der Waals surface area (Å²) in [6.45, 7) is 0. The van der Waals surface area contributed by atoms with Crippen molar-refractivity contribution >= 4 is 31.6 Å². The highest BCUT2D eigenvalue weighted by Crippen LogP contribution is 2.23. The van der Waals surface area contributed by atoms with Gasteiger partial charge in [-0.15, -0.1) is 0 Å². The van der Waals surface area contributed by atoms with E-state index in [2.05, 4.69) is 20.9 Å². The molecule has 0 aliphatic rings. The van der Waals surface area contributed by atoms with E-state index in [1.807, 2.05) is 4.72 Å². The molecule has 0 aliphatic carbocycles. The van der Waals surface area contributed by atoms with Crippen LogP contribution in [0, 0.1) is 17.5 Å². The minimum Gasteiger partial charge on any atom is -0.276 e. The smallest absolute Gasteiger partial charge is 0.263 e. The van der Waals surface area contributed by atoms with Crippen molar-refractivity contribution in [2.45, 2.75) is 4.90 Å². The zero-order chi connectivity index (χ0) is 14.9. The quantitative estimate of drug-likeness (QED) is 0.849. The topological polar surface area (TPSA) is 59.1 Å². The SMILES string of the molecule is O=S(=O)(Nc1ccc(F)c(F)c1F)c1cncc(Br)c1. The molecule has 0 saturated heterocycles. The number of hydrogen-bond donors (Lipinski definition) is 1. The summed E-state index contributed by atoms with van der Waals surface area (Å²) in [4.78, 5) is 3.40. The van der Waals surface area contributed by atoms with Gasteiger partial charge in [0.05, 0.1) is 5.69 Å². The third kappa shape index (κ3) is 2.93. The van der Waals surface area contributed by atoms with Crippen LogP contribution in [0.15, 0.2) is 40.0 Å². The zero-order valence-electron chi connectivity index (χ0n) is 9.57. The molecule has 4 nitrogen and oxygen atoms in total. The fraction of sp³-hybridized carbons (Fsp3) is 0. The molecule has 2 rings (SSSR count). The van der Waals surface area contributed by atoms with Crippen molar-refractivity contribution in [3.8, 4) is 0 Å². The van der Waals surface area contributed by atoms with Gasteiger partial charge in [0.15, 0.2) is 17.5 Å². The molecule has 9 heteroatoms. The Kier molecular flexibility index (Phi) is 4.00. The van der Waals surface area contributed by atoms with E-state index in [4.69, 9.17) is 0 Å². The van der Waals surface area contributed by atoms with Crippen molar-refractivity contribution in [1.29, 1.82) is 0 Å².